The molecule has 0 aliphatic heterocycles. The number of hydrogen-bond acceptors (Lipinski definition) is 3. The molecule has 1 aliphatic rings. The minimum atomic E-state index is 0.191. The summed E-state index contributed by atoms with van der Waals surface area (Å²) in [7, 11) is 0. The van der Waals surface area contributed by atoms with Gasteiger partial charge in [0.1, 0.15) is 6.26 Å². The zero-order valence-electron chi connectivity index (χ0n) is 11.4. The van der Waals surface area contributed by atoms with E-state index in [0.29, 0.717) is 22.7 Å². The van der Waals surface area contributed by atoms with E-state index >= 15 is 0 Å². The molecule has 1 saturated carbocycles. The van der Waals surface area contributed by atoms with Crippen LogP contribution >= 0.6 is 0 Å². The van der Waals surface area contributed by atoms with Crippen molar-refractivity contribution in [2.75, 3.05) is 6.61 Å². The van der Waals surface area contributed by atoms with E-state index in [2.05, 4.69) is 13.6 Å². The molecule has 0 aromatic heterocycles. The van der Waals surface area contributed by atoms with Gasteiger partial charge in [-0.05, 0) is 24.5 Å². The minimum absolute atomic E-state index is 0.191. The fourth-order valence-electron chi connectivity index (χ4n) is 2.34. The van der Waals surface area contributed by atoms with Gasteiger partial charge in [-0.25, -0.2) is 0 Å². The van der Waals surface area contributed by atoms with Crippen molar-refractivity contribution in [1.82, 2.24) is 0 Å². The highest BCUT2D eigenvalue weighted by molar-refractivity contribution is 5.22. The molecular weight excluding hydrogens is 230 g/mol. The Labute approximate surface area is 109 Å². The van der Waals surface area contributed by atoms with Gasteiger partial charge in [-0.15, -0.1) is 0 Å². The van der Waals surface area contributed by atoms with Gasteiger partial charge in [0.25, 0.3) is 0 Å². The number of aliphatic hydroxyl groups excluding tert-OH is 1. The molecule has 0 saturated heterocycles. The Balaban J connectivity index is 2.57. The summed E-state index contributed by atoms with van der Waals surface area (Å²) in [5.74, 6) is 0.379. The highest BCUT2D eigenvalue weighted by Gasteiger charge is 2.28. The number of nitrogens with zero attached hydrogens (tertiary/aromatic N) is 1. The lowest BCUT2D eigenvalue weighted by atomic mass is 9.76. The quantitative estimate of drug-likeness (QED) is 0.197. The maximum atomic E-state index is 9.17. The van der Waals surface area contributed by atoms with Crippen molar-refractivity contribution >= 4 is 6.72 Å². The van der Waals surface area contributed by atoms with E-state index in [1.807, 2.05) is 0 Å². The Morgan fingerprint density at radius 2 is 2.00 bits per heavy atom. The van der Waals surface area contributed by atoms with Crippen LogP contribution in [0.1, 0.15) is 46.0 Å². The lowest BCUT2D eigenvalue weighted by molar-refractivity contribution is -0.719. The first-order valence-corrected chi connectivity index (χ1v) is 6.41. The highest BCUT2D eigenvalue weighted by atomic mass is 16.5. The average Bonchev–Trinajstić information content (AvgIpc) is 2.29. The SMILES string of the molecule is C=[N+](O)C=C(C)C(=CO)OCC1(C)CCCCC1. The van der Waals surface area contributed by atoms with E-state index in [1.54, 1.807) is 6.92 Å². The van der Waals surface area contributed by atoms with E-state index in [0.717, 1.165) is 19.1 Å². The molecule has 0 bridgehead atoms. The van der Waals surface area contributed by atoms with E-state index in [1.165, 1.54) is 25.5 Å². The van der Waals surface area contributed by atoms with Gasteiger partial charge in [0.15, 0.2) is 12.5 Å². The molecule has 1 aliphatic carbocycles. The van der Waals surface area contributed by atoms with Gasteiger partial charge in [-0.3, -0.25) is 5.21 Å². The second kappa shape index (κ2) is 6.47. The lowest BCUT2D eigenvalue weighted by Gasteiger charge is -2.33. The second-order valence-corrected chi connectivity index (χ2v) is 5.40. The third kappa shape index (κ3) is 4.43. The molecule has 0 atom stereocenters. The highest BCUT2D eigenvalue weighted by Crippen LogP contribution is 2.36. The van der Waals surface area contributed by atoms with Crippen LogP contribution in [0.15, 0.2) is 23.8 Å². The predicted octanol–water partition coefficient (Wildman–Crippen LogP) is 3.38. The van der Waals surface area contributed by atoms with E-state index in [-0.39, 0.29) is 5.41 Å². The summed E-state index contributed by atoms with van der Waals surface area (Å²) >= 11 is 0. The standard InChI is InChI=1S/C14H23NO3/c1-12(9-15(3)17)13(10-16)18-11-14(2)7-5-4-6-8-14/h9-10H,3-8,11H2,1-2H3,(H-,16,17)/p+1. The van der Waals surface area contributed by atoms with Crippen LogP contribution in [0.2, 0.25) is 0 Å². The van der Waals surface area contributed by atoms with Crippen LogP contribution in [0, 0.1) is 5.41 Å². The molecule has 102 valence electrons. The molecule has 1 fully saturated rings. The first-order chi connectivity index (χ1) is 8.47. The van der Waals surface area contributed by atoms with Crippen molar-refractivity contribution in [3.05, 3.63) is 23.8 Å². The fraction of sp³-hybridized carbons (Fsp3) is 0.643. The van der Waals surface area contributed by atoms with Crippen LogP contribution in [0.3, 0.4) is 0 Å². The minimum Gasteiger partial charge on any atom is -0.512 e. The number of hydrogen-bond donors (Lipinski definition) is 2. The Morgan fingerprint density at radius 1 is 1.39 bits per heavy atom. The Morgan fingerprint density at radius 3 is 2.50 bits per heavy atom. The molecule has 0 radical (unpaired) electrons. The molecule has 0 unspecified atom stereocenters. The predicted molar refractivity (Wildman–Crippen MR) is 70.8 cm³/mol. The number of allylic oxidation sites excluding steroid dienone is 1. The van der Waals surface area contributed by atoms with Gasteiger partial charge in [-0.2, -0.15) is 0 Å². The normalized spacial score (nSPS) is 20.6. The maximum absolute atomic E-state index is 9.17. The Hall–Kier alpha value is -1.45. The van der Waals surface area contributed by atoms with Crippen molar-refractivity contribution in [2.24, 2.45) is 5.41 Å². The van der Waals surface area contributed by atoms with Gasteiger partial charge in [-0.1, -0.05) is 26.2 Å². The van der Waals surface area contributed by atoms with Gasteiger partial charge in [0.05, 0.1) is 12.2 Å². The van der Waals surface area contributed by atoms with Crippen LogP contribution < -0.4 is 0 Å². The number of hydroxylamine groups is 1. The van der Waals surface area contributed by atoms with E-state index < -0.39 is 0 Å². The summed E-state index contributed by atoms with van der Waals surface area (Å²) in [6, 6.07) is 0. The largest absolute Gasteiger partial charge is 0.512 e. The van der Waals surface area contributed by atoms with Crippen LogP contribution in [0.5, 0.6) is 0 Å². The zero-order valence-corrected chi connectivity index (χ0v) is 11.4. The molecule has 4 nitrogen and oxygen atoms in total. The summed E-state index contributed by atoms with van der Waals surface area (Å²) in [6.45, 7) is 7.87. The van der Waals surface area contributed by atoms with Gasteiger partial charge in [0, 0.05) is 5.41 Å². The zero-order chi connectivity index (χ0) is 13.6. The molecular formula is C14H24NO3+. The van der Waals surface area contributed by atoms with E-state index in [9.17, 15) is 5.11 Å². The Kier molecular flexibility index (Phi) is 5.25. The van der Waals surface area contributed by atoms with Crippen molar-refractivity contribution in [3.63, 3.8) is 0 Å². The van der Waals surface area contributed by atoms with Crippen LogP contribution in [0.4, 0.5) is 0 Å². The van der Waals surface area contributed by atoms with Crippen LogP contribution in [-0.4, -0.2) is 28.4 Å². The van der Waals surface area contributed by atoms with Crippen LogP contribution in [0.25, 0.3) is 0 Å². The maximum Gasteiger partial charge on any atom is 0.228 e. The third-order valence-corrected chi connectivity index (χ3v) is 3.49. The molecule has 18 heavy (non-hydrogen) atoms. The molecule has 0 aromatic carbocycles. The fourth-order valence-corrected chi connectivity index (χ4v) is 2.34. The number of aliphatic hydroxyl groups is 1. The monoisotopic (exact) mass is 254 g/mol. The molecule has 4 heteroatoms. The topological polar surface area (TPSA) is 52.7 Å². The smallest absolute Gasteiger partial charge is 0.228 e. The van der Waals surface area contributed by atoms with E-state index in [4.69, 9.17) is 9.94 Å². The molecule has 0 heterocycles. The third-order valence-electron chi connectivity index (χ3n) is 3.49. The second-order valence-electron chi connectivity index (χ2n) is 5.40. The van der Waals surface area contributed by atoms with Crippen molar-refractivity contribution in [2.45, 2.75) is 46.0 Å². The number of rotatable bonds is 5. The van der Waals surface area contributed by atoms with Crippen molar-refractivity contribution in [3.8, 4) is 0 Å². The average molecular weight is 254 g/mol. The van der Waals surface area contributed by atoms with Crippen molar-refractivity contribution < 1.29 is 19.8 Å². The molecule has 0 amide bonds. The molecule has 0 aromatic rings. The number of ether oxygens (including phenoxy) is 1. The summed E-state index contributed by atoms with van der Waals surface area (Å²) in [4.78, 5) is 0. The molecule has 0 spiro atoms. The molecule has 1 rings (SSSR count). The summed E-state index contributed by atoms with van der Waals surface area (Å²) in [5.41, 5.74) is 0.824. The van der Waals surface area contributed by atoms with Crippen LogP contribution in [-0.2, 0) is 4.74 Å². The Bertz CT molecular complexity index is 352. The summed E-state index contributed by atoms with van der Waals surface area (Å²) in [6.07, 6.45) is 8.45. The van der Waals surface area contributed by atoms with Gasteiger partial charge >= 0.3 is 0 Å². The first kappa shape index (κ1) is 14.6. The van der Waals surface area contributed by atoms with Crippen molar-refractivity contribution in [1.29, 1.82) is 0 Å². The lowest BCUT2D eigenvalue weighted by Crippen LogP contribution is -2.26. The summed E-state index contributed by atoms with van der Waals surface area (Å²) in [5, 5.41) is 18.2. The van der Waals surface area contributed by atoms with Gasteiger partial charge < -0.3 is 9.84 Å². The van der Waals surface area contributed by atoms with Gasteiger partial charge in [0.2, 0.25) is 6.20 Å². The first-order valence-electron chi connectivity index (χ1n) is 6.41. The molecule has 2 N–H and O–H groups in total. The summed E-state index contributed by atoms with van der Waals surface area (Å²) < 4.78 is 6.37.